The van der Waals surface area contributed by atoms with Crippen LogP contribution in [0.2, 0.25) is 5.02 Å². The number of aromatic nitrogens is 1. The molecule has 3 aromatic rings. The van der Waals surface area contributed by atoms with E-state index in [0.29, 0.717) is 22.8 Å². The van der Waals surface area contributed by atoms with E-state index in [4.69, 9.17) is 16.3 Å². The highest BCUT2D eigenvalue weighted by molar-refractivity contribution is 6.30. The molecule has 7 nitrogen and oxygen atoms in total. The van der Waals surface area contributed by atoms with E-state index in [-0.39, 0.29) is 41.2 Å². The molecular formula is C31H33ClFN3O4. The van der Waals surface area contributed by atoms with Crippen LogP contribution in [0.4, 0.5) is 4.39 Å². The van der Waals surface area contributed by atoms with Crippen LogP contribution in [0, 0.1) is 18.2 Å². The van der Waals surface area contributed by atoms with Crippen molar-refractivity contribution in [1.29, 1.82) is 0 Å². The van der Waals surface area contributed by atoms with Crippen molar-refractivity contribution in [2.75, 3.05) is 13.2 Å². The topological polar surface area (TPSA) is 91.8 Å². The molecule has 5 rings (SSSR count). The lowest BCUT2D eigenvalue weighted by Crippen LogP contribution is -2.48. The third-order valence-corrected chi connectivity index (χ3v) is 8.03. The van der Waals surface area contributed by atoms with Gasteiger partial charge in [-0.05, 0) is 75.1 Å². The van der Waals surface area contributed by atoms with Crippen molar-refractivity contribution in [2.45, 2.75) is 58.4 Å². The van der Waals surface area contributed by atoms with Crippen molar-refractivity contribution in [3.63, 3.8) is 0 Å². The molecule has 1 fully saturated rings. The van der Waals surface area contributed by atoms with Crippen LogP contribution in [-0.2, 0) is 27.4 Å². The summed E-state index contributed by atoms with van der Waals surface area (Å²) in [6.45, 7) is 7.11. The fourth-order valence-electron chi connectivity index (χ4n) is 5.16. The summed E-state index contributed by atoms with van der Waals surface area (Å²) in [6.07, 6.45) is 3.36. The number of benzene rings is 2. The van der Waals surface area contributed by atoms with Gasteiger partial charge in [0.25, 0.3) is 5.91 Å². The molecule has 1 saturated carbocycles. The lowest BCUT2D eigenvalue weighted by molar-refractivity contribution is -0.128. The molecule has 0 bridgehead atoms. The van der Waals surface area contributed by atoms with E-state index in [9.17, 15) is 14.7 Å². The van der Waals surface area contributed by atoms with E-state index in [1.807, 2.05) is 19.1 Å². The number of carbonyl (C=O) groups excluding carboxylic acids is 2. The third kappa shape index (κ3) is 5.23. The zero-order valence-electron chi connectivity index (χ0n) is 23.1. The average molecular weight is 566 g/mol. The molecule has 210 valence electrons. The standard InChI is InChI=1S/C31H33ClFN3O4/c1-19-5-10-24(34-15-19)16-36-28(38)25-13-22(29(3,4)39)14-26(33)27(25)31(36,21-6-8-23(32)9-7-21)40-18-30(11-12-30)17-35-20(2)37/h5-10,13-15,39H,11-12,16-18H2,1-4H3,(H,35,37)/t31-/m1/s1. The van der Waals surface area contributed by atoms with Crippen LogP contribution in [0.3, 0.4) is 0 Å². The number of nitrogens with zero attached hydrogens (tertiary/aromatic N) is 2. The largest absolute Gasteiger partial charge is 0.386 e. The van der Waals surface area contributed by atoms with Crippen molar-refractivity contribution in [2.24, 2.45) is 5.41 Å². The van der Waals surface area contributed by atoms with Crippen molar-refractivity contribution in [3.8, 4) is 0 Å². The van der Waals surface area contributed by atoms with Gasteiger partial charge in [-0.15, -0.1) is 0 Å². The van der Waals surface area contributed by atoms with Gasteiger partial charge in [0.1, 0.15) is 5.82 Å². The number of fused-ring (bicyclic) bond motifs is 1. The van der Waals surface area contributed by atoms with Gasteiger partial charge in [0, 0.05) is 35.7 Å². The Morgan fingerprint density at radius 2 is 1.90 bits per heavy atom. The Morgan fingerprint density at radius 3 is 2.48 bits per heavy atom. The average Bonchev–Trinajstić information content (AvgIpc) is 3.63. The second kappa shape index (κ2) is 10.3. The first-order valence-electron chi connectivity index (χ1n) is 13.3. The molecule has 0 radical (unpaired) electrons. The summed E-state index contributed by atoms with van der Waals surface area (Å²) in [5.41, 5.74) is -0.761. The first kappa shape index (κ1) is 28.2. The van der Waals surface area contributed by atoms with Crippen LogP contribution in [-0.4, -0.2) is 40.0 Å². The van der Waals surface area contributed by atoms with Crippen LogP contribution in [0.15, 0.2) is 54.7 Å². The van der Waals surface area contributed by atoms with Crippen molar-refractivity contribution in [3.05, 3.63) is 99.1 Å². The molecule has 2 heterocycles. The third-order valence-electron chi connectivity index (χ3n) is 7.78. The van der Waals surface area contributed by atoms with Crippen LogP contribution in [0.1, 0.15) is 71.9 Å². The molecule has 1 aliphatic heterocycles. The molecule has 1 aromatic heterocycles. The van der Waals surface area contributed by atoms with Gasteiger partial charge in [-0.2, -0.15) is 0 Å². The van der Waals surface area contributed by atoms with E-state index in [2.05, 4.69) is 10.3 Å². The number of nitrogens with one attached hydrogen (secondary N) is 1. The van der Waals surface area contributed by atoms with Crippen LogP contribution < -0.4 is 5.32 Å². The fourth-order valence-corrected chi connectivity index (χ4v) is 5.29. The molecule has 0 saturated heterocycles. The van der Waals surface area contributed by atoms with Gasteiger partial charge in [-0.3, -0.25) is 19.5 Å². The lowest BCUT2D eigenvalue weighted by Gasteiger charge is -2.40. The van der Waals surface area contributed by atoms with Crippen LogP contribution >= 0.6 is 11.6 Å². The first-order chi connectivity index (χ1) is 18.8. The molecule has 0 spiro atoms. The molecule has 40 heavy (non-hydrogen) atoms. The molecular weight excluding hydrogens is 533 g/mol. The molecule has 2 amide bonds. The zero-order valence-corrected chi connectivity index (χ0v) is 23.8. The quantitative estimate of drug-likeness (QED) is 0.372. The number of hydrogen-bond acceptors (Lipinski definition) is 5. The maximum Gasteiger partial charge on any atom is 0.257 e. The van der Waals surface area contributed by atoms with Gasteiger partial charge in [-0.1, -0.05) is 29.8 Å². The minimum atomic E-state index is -1.64. The number of carbonyl (C=O) groups is 2. The number of halogens is 2. The number of rotatable bonds is 9. The monoisotopic (exact) mass is 565 g/mol. The SMILES string of the molecule is CC(=O)NCC1(CO[C@]2(c3ccc(Cl)cc3)c3c(F)cc(C(C)(C)O)cc3C(=O)N2Cc2ccc(C)cn2)CC1. The second-order valence-corrected chi connectivity index (χ2v) is 11.9. The Bertz CT molecular complexity index is 1450. The molecule has 2 aromatic carbocycles. The smallest absolute Gasteiger partial charge is 0.257 e. The molecule has 1 aliphatic carbocycles. The number of aliphatic hydroxyl groups is 1. The van der Waals surface area contributed by atoms with Crippen molar-refractivity contribution in [1.82, 2.24) is 15.2 Å². The number of pyridine rings is 1. The van der Waals surface area contributed by atoms with Gasteiger partial charge in [0.2, 0.25) is 5.91 Å². The Balaban J connectivity index is 1.69. The number of ether oxygens (including phenoxy) is 1. The molecule has 1 atom stereocenters. The number of aryl methyl sites for hydroxylation is 1. The molecule has 9 heteroatoms. The predicted octanol–water partition coefficient (Wildman–Crippen LogP) is 5.20. The summed E-state index contributed by atoms with van der Waals surface area (Å²) in [4.78, 5) is 31.9. The predicted molar refractivity (Wildman–Crippen MR) is 149 cm³/mol. The van der Waals surface area contributed by atoms with E-state index in [1.165, 1.54) is 17.9 Å². The minimum absolute atomic E-state index is 0.0480. The first-order valence-corrected chi connectivity index (χ1v) is 13.7. The van der Waals surface area contributed by atoms with E-state index in [0.717, 1.165) is 18.4 Å². The van der Waals surface area contributed by atoms with E-state index in [1.54, 1.807) is 50.4 Å². The Labute approximate surface area is 238 Å². The highest BCUT2D eigenvalue weighted by Gasteiger charge is 2.56. The fraction of sp³-hybridized carbons (Fsp3) is 0.387. The summed E-state index contributed by atoms with van der Waals surface area (Å²) in [5.74, 6) is -1.25. The van der Waals surface area contributed by atoms with Gasteiger partial charge in [0.05, 0.1) is 35.6 Å². The second-order valence-electron chi connectivity index (χ2n) is 11.5. The minimum Gasteiger partial charge on any atom is -0.386 e. The molecule has 2 aliphatic rings. The van der Waals surface area contributed by atoms with Crippen molar-refractivity contribution >= 4 is 23.4 Å². The maximum atomic E-state index is 16.3. The Hall–Kier alpha value is -3.33. The van der Waals surface area contributed by atoms with Crippen LogP contribution in [0.5, 0.6) is 0 Å². The number of hydrogen-bond donors (Lipinski definition) is 2. The highest BCUT2D eigenvalue weighted by Crippen LogP contribution is 2.52. The van der Waals surface area contributed by atoms with Gasteiger partial charge in [-0.25, -0.2) is 4.39 Å². The summed E-state index contributed by atoms with van der Waals surface area (Å²) >= 11 is 6.23. The lowest BCUT2D eigenvalue weighted by atomic mass is 9.88. The zero-order chi connectivity index (χ0) is 28.9. The van der Waals surface area contributed by atoms with Gasteiger partial charge in [0.15, 0.2) is 5.72 Å². The van der Waals surface area contributed by atoms with Gasteiger partial charge >= 0.3 is 0 Å². The van der Waals surface area contributed by atoms with Crippen LogP contribution in [0.25, 0.3) is 0 Å². The summed E-state index contributed by atoms with van der Waals surface area (Å²) in [5, 5.41) is 14.0. The van der Waals surface area contributed by atoms with Gasteiger partial charge < -0.3 is 15.2 Å². The van der Waals surface area contributed by atoms with Crippen molar-refractivity contribution < 1.29 is 23.8 Å². The normalized spacial score (nSPS) is 19.5. The molecule has 2 N–H and O–H groups in total. The molecule has 0 unspecified atom stereocenters. The Kier molecular flexibility index (Phi) is 7.23. The maximum absolute atomic E-state index is 16.3. The summed E-state index contributed by atoms with van der Waals surface area (Å²) in [7, 11) is 0. The Morgan fingerprint density at radius 1 is 1.20 bits per heavy atom. The van der Waals surface area contributed by atoms with E-state index >= 15 is 4.39 Å². The highest BCUT2D eigenvalue weighted by atomic mass is 35.5. The summed E-state index contributed by atoms with van der Waals surface area (Å²) < 4.78 is 23.1. The van der Waals surface area contributed by atoms with E-state index < -0.39 is 23.1 Å². The number of amides is 2. The summed E-state index contributed by atoms with van der Waals surface area (Å²) in [6, 6.07) is 13.4.